The van der Waals surface area contributed by atoms with Gasteiger partial charge in [-0.25, -0.2) is 0 Å². The number of nitrogens with zero attached hydrogens (tertiary/aromatic N) is 2. The highest BCUT2D eigenvalue weighted by Gasteiger charge is 2.41. The van der Waals surface area contributed by atoms with Crippen molar-refractivity contribution < 1.29 is 4.74 Å². The molecule has 1 saturated heterocycles. The van der Waals surface area contributed by atoms with Gasteiger partial charge in [0.25, 0.3) is 0 Å². The number of aromatic nitrogens is 2. The van der Waals surface area contributed by atoms with Crippen LogP contribution in [-0.4, -0.2) is 22.2 Å². The van der Waals surface area contributed by atoms with Crippen LogP contribution in [-0.2, 0) is 0 Å². The number of benzene rings is 1. The molecule has 1 aliphatic rings. The number of H-pyrrole nitrogens is 1. The van der Waals surface area contributed by atoms with Gasteiger partial charge in [0, 0.05) is 23.8 Å². The first-order valence-corrected chi connectivity index (χ1v) is 8.47. The second kappa shape index (κ2) is 6.57. The number of rotatable bonds is 4. The van der Waals surface area contributed by atoms with Crippen LogP contribution in [0.2, 0.25) is 0 Å². The fourth-order valence-corrected chi connectivity index (χ4v) is 3.57. The van der Waals surface area contributed by atoms with Crippen LogP contribution in [0.15, 0.2) is 67.0 Å². The molecular weight excluding hydrogens is 332 g/mol. The van der Waals surface area contributed by atoms with Crippen molar-refractivity contribution in [1.82, 2.24) is 15.3 Å². The van der Waals surface area contributed by atoms with E-state index in [0.717, 1.165) is 22.8 Å². The lowest BCUT2D eigenvalue weighted by molar-refractivity contribution is 0.415. The van der Waals surface area contributed by atoms with Crippen molar-refractivity contribution in [3.63, 3.8) is 0 Å². The molecule has 2 aromatic heterocycles. The van der Waals surface area contributed by atoms with Crippen molar-refractivity contribution in [3.05, 3.63) is 78.4 Å². The first-order chi connectivity index (χ1) is 12.3. The van der Waals surface area contributed by atoms with Crippen LogP contribution in [0.1, 0.15) is 23.5 Å². The second-order valence-corrected chi connectivity index (χ2v) is 6.21. The van der Waals surface area contributed by atoms with Gasteiger partial charge < -0.3 is 19.9 Å². The summed E-state index contributed by atoms with van der Waals surface area (Å²) in [7, 11) is 1.66. The molecule has 2 atom stereocenters. The number of nitrogens with one attached hydrogen (secondary N) is 2. The molecule has 1 aliphatic heterocycles. The number of hydrogen-bond donors (Lipinski definition) is 2. The Bertz CT molecular complexity index is 849. The lowest BCUT2D eigenvalue weighted by Crippen LogP contribution is -2.29. The van der Waals surface area contributed by atoms with Gasteiger partial charge in [-0.1, -0.05) is 6.07 Å². The largest absolute Gasteiger partial charge is 0.497 e. The maximum atomic E-state index is 5.65. The van der Waals surface area contributed by atoms with Crippen molar-refractivity contribution in [3.8, 4) is 5.75 Å². The smallest absolute Gasteiger partial charge is 0.174 e. The Kier molecular flexibility index (Phi) is 4.11. The van der Waals surface area contributed by atoms with E-state index < -0.39 is 0 Å². The quantitative estimate of drug-likeness (QED) is 0.704. The zero-order chi connectivity index (χ0) is 17.2. The Balaban J connectivity index is 1.77. The molecule has 25 heavy (non-hydrogen) atoms. The molecule has 1 fully saturated rings. The van der Waals surface area contributed by atoms with Gasteiger partial charge >= 0.3 is 0 Å². The van der Waals surface area contributed by atoms with E-state index in [9.17, 15) is 0 Å². The molecule has 2 N–H and O–H groups in total. The lowest BCUT2D eigenvalue weighted by atomic mass is 10.0. The first kappa shape index (κ1) is 15.7. The van der Waals surface area contributed by atoms with Crippen LogP contribution < -0.4 is 15.0 Å². The Labute approximate surface area is 151 Å². The maximum Gasteiger partial charge on any atom is 0.174 e. The van der Waals surface area contributed by atoms with E-state index >= 15 is 0 Å². The molecule has 0 radical (unpaired) electrons. The van der Waals surface area contributed by atoms with E-state index in [4.69, 9.17) is 17.0 Å². The average Bonchev–Trinajstić information content (AvgIpc) is 3.30. The van der Waals surface area contributed by atoms with E-state index in [0.29, 0.717) is 5.11 Å². The molecule has 126 valence electrons. The predicted molar refractivity (Wildman–Crippen MR) is 102 cm³/mol. The zero-order valence-corrected chi connectivity index (χ0v) is 14.5. The minimum absolute atomic E-state index is 0.00852. The van der Waals surface area contributed by atoms with Gasteiger partial charge in [0.05, 0.1) is 18.8 Å². The summed E-state index contributed by atoms with van der Waals surface area (Å²) in [6.07, 6.45) is 3.74. The summed E-state index contributed by atoms with van der Waals surface area (Å²) in [5, 5.41) is 4.11. The van der Waals surface area contributed by atoms with E-state index in [1.165, 1.54) is 0 Å². The molecule has 4 rings (SSSR count). The number of methoxy groups -OCH3 is 1. The molecule has 0 amide bonds. The summed E-state index contributed by atoms with van der Waals surface area (Å²) in [6, 6.07) is 17.9. The van der Waals surface area contributed by atoms with Gasteiger partial charge in [0.2, 0.25) is 0 Å². The number of anilines is 1. The monoisotopic (exact) mass is 350 g/mol. The molecular formula is C19H18N4OS. The SMILES string of the molecule is COc1ccc(N2C(=S)N[C@H](c3ccccn3)[C@@H]2c2ccc[nH]2)cc1. The Morgan fingerprint density at radius 2 is 1.92 bits per heavy atom. The number of thiocarbonyl (C=S) groups is 1. The van der Waals surface area contributed by atoms with Gasteiger partial charge in [-0.15, -0.1) is 0 Å². The third-order valence-corrected chi connectivity index (χ3v) is 4.70. The molecule has 0 bridgehead atoms. The molecule has 0 aliphatic carbocycles. The average molecular weight is 350 g/mol. The Morgan fingerprint density at radius 3 is 2.56 bits per heavy atom. The van der Waals surface area contributed by atoms with Crippen LogP contribution >= 0.6 is 12.2 Å². The Hall–Kier alpha value is -2.86. The highest BCUT2D eigenvalue weighted by molar-refractivity contribution is 7.80. The molecule has 3 heterocycles. The van der Waals surface area contributed by atoms with Crippen LogP contribution in [0.4, 0.5) is 5.69 Å². The molecule has 6 heteroatoms. The topological polar surface area (TPSA) is 53.2 Å². The molecule has 0 unspecified atom stereocenters. The molecule has 5 nitrogen and oxygen atoms in total. The van der Waals surface area contributed by atoms with E-state index in [-0.39, 0.29) is 12.1 Å². The number of hydrogen-bond acceptors (Lipinski definition) is 3. The second-order valence-electron chi connectivity index (χ2n) is 5.82. The third-order valence-electron chi connectivity index (χ3n) is 4.39. The summed E-state index contributed by atoms with van der Waals surface area (Å²) in [4.78, 5) is 9.98. The highest BCUT2D eigenvalue weighted by Crippen LogP contribution is 2.40. The summed E-state index contributed by atoms with van der Waals surface area (Å²) >= 11 is 5.65. The van der Waals surface area contributed by atoms with Gasteiger partial charge in [0.15, 0.2) is 5.11 Å². The Morgan fingerprint density at radius 1 is 1.08 bits per heavy atom. The van der Waals surface area contributed by atoms with Gasteiger partial charge in [-0.2, -0.15) is 0 Å². The predicted octanol–water partition coefficient (Wildman–Crippen LogP) is 3.60. The fourth-order valence-electron chi connectivity index (χ4n) is 3.22. The summed E-state index contributed by atoms with van der Waals surface area (Å²) in [5.74, 6) is 0.819. The van der Waals surface area contributed by atoms with Crippen LogP contribution in [0, 0.1) is 0 Å². The highest BCUT2D eigenvalue weighted by atomic mass is 32.1. The number of pyridine rings is 1. The standard InChI is InChI=1S/C19H18N4OS/c1-24-14-9-7-13(8-10-14)23-18(16-6-4-12-21-16)17(22-19(23)25)15-5-2-3-11-20-15/h2-12,17-18,21H,1H3,(H,22,25)/t17-,18+/m1/s1. The molecule has 1 aromatic carbocycles. The minimum Gasteiger partial charge on any atom is -0.497 e. The van der Waals surface area contributed by atoms with E-state index in [1.807, 2.05) is 60.9 Å². The van der Waals surface area contributed by atoms with Crippen molar-refractivity contribution in [2.45, 2.75) is 12.1 Å². The molecule has 0 spiro atoms. The van der Waals surface area contributed by atoms with Crippen LogP contribution in [0.3, 0.4) is 0 Å². The van der Waals surface area contributed by atoms with E-state index in [1.54, 1.807) is 7.11 Å². The molecule has 0 saturated carbocycles. The first-order valence-electron chi connectivity index (χ1n) is 8.06. The summed E-state index contributed by atoms with van der Waals surface area (Å²) < 4.78 is 5.27. The molecule has 3 aromatic rings. The van der Waals surface area contributed by atoms with Crippen LogP contribution in [0.25, 0.3) is 0 Å². The zero-order valence-electron chi connectivity index (χ0n) is 13.7. The van der Waals surface area contributed by atoms with Crippen molar-refractivity contribution in [1.29, 1.82) is 0 Å². The van der Waals surface area contributed by atoms with Gasteiger partial charge in [-0.05, 0) is 60.7 Å². The van der Waals surface area contributed by atoms with Crippen molar-refractivity contribution in [2.75, 3.05) is 12.0 Å². The fraction of sp³-hybridized carbons (Fsp3) is 0.158. The van der Waals surface area contributed by atoms with Gasteiger partial charge in [0.1, 0.15) is 11.8 Å². The maximum absolute atomic E-state index is 5.65. The van der Waals surface area contributed by atoms with Crippen molar-refractivity contribution >= 4 is 23.0 Å². The normalized spacial score (nSPS) is 19.7. The summed E-state index contributed by atoms with van der Waals surface area (Å²) in [6.45, 7) is 0. The number of ether oxygens (including phenoxy) is 1. The van der Waals surface area contributed by atoms with Crippen molar-refractivity contribution in [2.24, 2.45) is 0 Å². The van der Waals surface area contributed by atoms with Gasteiger partial charge in [-0.3, -0.25) is 4.98 Å². The lowest BCUT2D eigenvalue weighted by Gasteiger charge is -2.27. The minimum atomic E-state index is -0.0329. The van der Waals surface area contributed by atoms with Crippen LogP contribution in [0.5, 0.6) is 5.75 Å². The summed E-state index contributed by atoms with van der Waals surface area (Å²) in [5.41, 5.74) is 3.05. The third kappa shape index (κ3) is 2.85. The van der Waals surface area contributed by atoms with E-state index in [2.05, 4.69) is 26.3 Å². The number of aromatic amines is 1.